The minimum atomic E-state index is 0.00802. The van der Waals surface area contributed by atoms with Crippen LogP contribution in [0.1, 0.15) is 30.1 Å². The zero-order valence-electron chi connectivity index (χ0n) is 18.0. The Morgan fingerprint density at radius 1 is 1.16 bits per heavy atom. The van der Waals surface area contributed by atoms with Gasteiger partial charge in [0.25, 0.3) is 0 Å². The third-order valence-corrected chi connectivity index (χ3v) is 6.53. The van der Waals surface area contributed by atoms with Gasteiger partial charge in [-0.1, -0.05) is 0 Å². The van der Waals surface area contributed by atoms with Crippen LogP contribution in [-0.2, 0) is 13.2 Å². The molecule has 1 fully saturated rings. The largest absolute Gasteiger partial charge is 0.486 e. The number of benzene rings is 1. The summed E-state index contributed by atoms with van der Waals surface area (Å²) in [6, 6.07) is 9.23. The van der Waals surface area contributed by atoms with Gasteiger partial charge in [-0.05, 0) is 62.3 Å². The minimum Gasteiger partial charge on any atom is -0.486 e. The molecule has 0 aliphatic carbocycles. The molecular weight excluding hydrogens is 428 g/mol. The van der Waals surface area contributed by atoms with E-state index >= 15 is 0 Å². The molecule has 0 saturated carbocycles. The molecule has 5 rings (SSSR count). The second kappa shape index (κ2) is 8.91. The molecule has 2 aliphatic rings. The number of likely N-dealkylation sites (tertiary alicyclic amines) is 1. The Balaban J connectivity index is 1.24. The highest BCUT2D eigenvalue weighted by atomic mass is 32.1. The number of piperidine rings is 1. The normalized spacial score (nSPS) is 16.9. The molecule has 168 valence electrons. The molecule has 8 nitrogen and oxygen atoms in total. The van der Waals surface area contributed by atoms with Crippen molar-refractivity contribution in [2.45, 2.75) is 33.0 Å². The van der Waals surface area contributed by atoms with Gasteiger partial charge < -0.3 is 13.9 Å². The summed E-state index contributed by atoms with van der Waals surface area (Å²) in [5.41, 5.74) is 0.694. The third kappa shape index (κ3) is 3.98. The molecule has 0 radical (unpaired) electrons. The molecule has 1 saturated heterocycles. The number of hydrogen-bond acceptors (Lipinski definition) is 7. The van der Waals surface area contributed by atoms with E-state index in [1.54, 1.807) is 6.26 Å². The van der Waals surface area contributed by atoms with Crippen molar-refractivity contribution in [2.75, 3.05) is 26.3 Å². The van der Waals surface area contributed by atoms with E-state index in [-0.39, 0.29) is 11.7 Å². The van der Waals surface area contributed by atoms with Crippen LogP contribution in [0, 0.1) is 10.7 Å². The first-order valence-corrected chi connectivity index (χ1v) is 11.4. The van der Waals surface area contributed by atoms with Gasteiger partial charge in [0.15, 0.2) is 33.6 Å². The van der Waals surface area contributed by atoms with E-state index in [9.17, 15) is 4.79 Å². The molecule has 32 heavy (non-hydrogen) atoms. The first-order valence-electron chi connectivity index (χ1n) is 11.0. The maximum absolute atomic E-state index is 13.1. The number of carbonyl (C=O) groups is 1. The molecule has 0 atom stereocenters. The van der Waals surface area contributed by atoms with Crippen molar-refractivity contribution in [1.82, 2.24) is 19.2 Å². The van der Waals surface area contributed by atoms with E-state index in [2.05, 4.69) is 4.90 Å². The first-order chi connectivity index (χ1) is 15.6. The number of furan rings is 1. The summed E-state index contributed by atoms with van der Waals surface area (Å²) >= 11 is 5.65. The lowest BCUT2D eigenvalue weighted by molar-refractivity contribution is 0.0802. The number of aromatic nitrogens is 3. The molecule has 0 spiro atoms. The quantitative estimate of drug-likeness (QED) is 0.411. The van der Waals surface area contributed by atoms with Gasteiger partial charge in [-0.3, -0.25) is 14.3 Å². The summed E-state index contributed by atoms with van der Waals surface area (Å²) in [6.07, 6.45) is 3.25. The van der Waals surface area contributed by atoms with E-state index in [1.165, 1.54) is 0 Å². The fourth-order valence-corrected chi connectivity index (χ4v) is 4.68. The lowest BCUT2D eigenvalue weighted by atomic mass is 9.89. The van der Waals surface area contributed by atoms with Gasteiger partial charge in [0.2, 0.25) is 0 Å². The van der Waals surface area contributed by atoms with E-state index in [1.807, 2.05) is 46.5 Å². The van der Waals surface area contributed by atoms with Gasteiger partial charge in [-0.25, -0.2) is 4.68 Å². The third-order valence-electron chi connectivity index (χ3n) is 6.10. The van der Waals surface area contributed by atoms with Crippen molar-refractivity contribution >= 4 is 18.0 Å². The summed E-state index contributed by atoms with van der Waals surface area (Å²) in [5.74, 6) is 3.00. The fourth-order valence-electron chi connectivity index (χ4n) is 4.36. The van der Waals surface area contributed by atoms with Crippen LogP contribution in [0.2, 0.25) is 0 Å². The van der Waals surface area contributed by atoms with Gasteiger partial charge in [0, 0.05) is 31.1 Å². The average Bonchev–Trinajstić information content (AvgIpc) is 3.47. The Morgan fingerprint density at radius 3 is 2.66 bits per heavy atom. The molecule has 0 unspecified atom stereocenters. The lowest BCUT2D eigenvalue weighted by Gasteiger charge is -2.31. The van der Waals surface area contributed by atoms with Crippen LogP contribution in [0.3, 0.4) is 0 Å². The molecule has 4 heterocycles. The smallest absolute Gasteiger partial charge is 0.199 e. The fraction of sp³-hybridized carbons (Fsp3) is 0.435. The number of hydrogen-bond donors (Lipinski definition) is 0. The van der Waals surface area contributed by atoms with Crippen LogP contribution < -0.4 is 9.47 Å². The van der Waals surface area contributed by atoms with Crippen LogP contribution in [-0.4, -0.2) is 51.3 Å². The number of fused-ring (bicyclic) bond motifs is 1. The lowest BCUT2D eigenvalue weighted by Crippen LogP contribution is -2.37. The monoisotopic (exact) mass is 454 g/mol. The zero-order valence-corrected chi connectivity index (χ0v) is 18.8. The van der Waals surface area contributed by atoms with Crippen molar-refractivity contribution in [1.29, 1.82) is 0 Å². The Bertz CT molecular complexity index is 1160. The summed E-state index contributed by atoms with van der Waals surface area (Å²) in [6.45, 7) is 6.06. The summed E-state index contributed by atoms with van der Waals surface area (Å²) in [7, 11) is 0. The SMILES string of the molecule is CCn1c(-c2ccco2)nn(CN2CCC(C(=O)c3ccc4c(c3)OCCO4)CC2)c1=S. The Hall–Kier alpha value is -2.91. The van der Waals surface area contributed by atoms with E-state index in [0.717, 1.165) is 38.3 Å². The number of rotatable bonds is 6. The van der Waals surface area contributed by atoms with E-state index in [0.29, 0.717) is 47.5 Å². The van der Waals surface area contributed by atoms with Gasteiger partial charge in [0.05, 0.1) is 12.9 Å². The number of ether oxygens (including phenoxy) is 2. The number of Topliss-reactive ketones (excluding diaryl/α,β-unsaturated/α-hetero) is 1. The highest BCUT2D eigenvalue weighted by Crippen LogP contribution is 2.32. The minimum absolute atomic E-state index is 0.00802. The predicted molar refractivity (Wildman–Crippen MR) is 120 cm³/mol. The molecule has 0 bridgehead atoms. The molecule has 0 N–H and O–H groups in total. The summed E-state index contributed by atoms with van der Waals surface area (Å²) < 4.78 is 21.2. The number of ketones is 1. The van der Waals surface area contributed by atoms with Crippen LogP contribution in [0.15, 0.2) is 41.0 Å². The van der Waals surface area contributed by atoms with Gasteiger partial charge >= 0.3 is 0 Å². The molecule has 1 aromatic carbocycles. The van der Waals surface area contributed by atoms with Crippen LogP contribution in [0.25, 0.3) is 11.6 Å². The standard InChI is InChI=1S/C23H26N4O4S/c1-2-26-22(19-4-3-11-29-19)24-27(23(26)32)15-25-9-7-16(8-10-25)21(28)17-5-6-18-20(14-17)31-13-12-30-18/h3-6,11,14,16H,2,7-10,12-13,15H2,1H3. The maximum Gasteiger partial charge on any atom is 0.199 e. The molecular formula is C23H26N4O4S. The summed E-state index contributed by atoms with van der Waals surface area (Å²) in [4.78, 5) is 15.4. The predicted octanol–water partition coefficient (Wildman–Crippen LogP) is 4.02. The van der Waals surface area contributed by atoms with E-state index < -0.39 is 0 Å². The second-order valence-electron chi connectivity index (χ2n) is 8.08. The van der Waals surface area contributed by atoms with Crippen molar-refractivity contribution in [2.24, 2.45) is 5.92 Å². The number of nitrogens with zero attached hydrogens (tertiary/aromatic N) is 4. The molecule has 3 aromatic rings. The van der Waals surface area contributed by atoms with E-state index in [4.69, 9.17) is 31.2 Å². The molecule has 9 heteroatoms. The van der Waals surface area contributed by atoms with Crippen LogP contribution in [0.4, 0.5) is 0 Å². The maximum atomic E-state index is 13.1. The van der Waals surface area contributed by atoms with Crippen molar-refractivity contribution in [3.8, 4) is 23.1 Å². The second-order valence-corrected chi connectivity index (χ2v) is 8.45. The topological polar surface area (TPSA) is 74.7 Å². The van der Waals surface area contributed by atoms with Crippen LogP contribution >= 0.6 is 12.2 Å². The van der Waals surface area contributed by atoms with Gasteiger partial charge in [-0.2, -0.15) is 0 Å². The Morgan fingerprint density at radius 2 is 1.94 bits per heavy atom. The van der Waals surface area contributed by atoms with Crippen molar-refractivity contribution < 1.29 is 18.7 Å². The zero-order chi connectivity index (χ0) is 22.1. The van der Waals surface area contributed by atoms with Crippen LogP contribution in [0.5, 0.6) is 11.5 Å². The average molecular weight is 455 g/mol. The van der Waals surface area contributed by atoms with Gasteiger partial charge in [0.1, 0.15) is 13.2 Å². The Labute approximate surface area is 191 Å². The first kappa shape index (κ1) is 21.0. The van der Waals surface area contributed by atoms with Crippen molar-refractivity contribution in [3.63, 3.8) is 0 Å². The van der Waals surface area contributed by atoms with Gasteiger partial charge in [-0.15, -0.1) is 5.10 Å². The van der Waals surface area contributed by atoms with Crippen molar-refractivity contribution in [3.05, 3.63) is 46.9 Å². The number of carbonyl (C=O) groups excluding carboxylic acids is 1. The molecule has 2 aromatic heterocycles. The summed E-state index contributed by atoms with van der Waals surface area (Å²) in [5, 5.41) is 4.71. The molecule has 0 amide bonds. The highest BCUT2D eigenvalue weighted by molar-refractivity contribution is 7.71. The Kier molecular flexibility index (Phi) is 5.84. The highest BCUT2D eigenvalue weighted by Gasteiger charge is 2.27. The molecule has 2 aliphatic heterocycles.